The molecule has 0 aliphatic carbocycles. The topological polar surface area (TPSA) is 66.5 Å². The number of carbonyl (C=O) groups is 3. The molecule has 5 nitrogen and oxygen atoms in total. The molecule has 0 unspecified atom stereocenters. The summed E-state index contributed by atoms with van der Waals surface area (Å²) in [4.78, 5) is 34.8. The lowest BCUT2D eigenvalue weighted by atomic mass is 10.2. The Morgan fingerprint density at radius 2 is 1.95 bits per heavy atom. The van der Waals surface area contributed by atoms with E-state index in [9.17, 15) is 14.4 Å². The first-order chi connectivity index (χ1) is 9.19. The van der Waals surface area contributed by atoms with Crippen molar-refractivity contribution >= 4 is 24.3 Å². The van der Waals surface area contributed by atoms with Crippen molar-refractivity contribution in [3.05, 3.63) is 42.0 Å². The van der Waals surface area contributed by atoms with Crippen molar-refractivity contribution in [2.75, 3.05) is 13.1 Å². The van der Waals surface area contributed by atoms with Gasteiger partial charge in [-0.1, -0.05) is 30.3 Å². The zero-order valence-electron chi connectivity index (χ0n) is 10.7. The van der Waals surface area contributed by atoms with Crippen molar-refractivity contribution in [2.45, 2.75) is 6.92 Å². The molecule has 1 aromatic carbocycles. The number of amides is 3. The van der Waals surface area contributed by atoms with Gasteiger partial charge in [0.05, 0.1) is 6.54 Å². The van der Waals surface area contributed by atoms with Crippen LogP contribution in [0.1, 0.15) is 12.5 Å². The van der Waals surface area contributed by atoms with Gasteiger partial charge in [0.15, 0.2) is 0 Å². The number of nitrogens with zero attached hydrogens (tertiary/aromatic N) is 1. The van der Waals surface area contributed by atoms with E-state index in [0.717, 1.165) is 10.5 Å². The van der Waals surface area contributed by atoms with Crippen LogP contribution in [0, 0.1) is 0 Å². The van der Waals surface area contributed by atoms with Gasteiger partial charge in [-0.25, -0.2) is 4.79 Å². The Labute approximate surface area is 111 Å². The van der Waals surface area contributed by atoms with E-state index in [-0.39, 0.29) is 6.54 Å². The lowest BCUT2D eigenvalue weighted by Crippen LogP contribution is -2.43. The Bertz CT molecular complexity index is 469. The molecule has 0 heterocycles. The summed E-state index contributed by atoms with van der Waals surface area (Å²) in [5.74, 6) is -0.526. The average molecular weight is 260 g/mol. The molecular weight excluding hydrogens is 244 g/mol. The molecule has 1 N–H and O–H groups in total. The first kappa shape index (κ1) is 14.6. The van der Waals surface area contributed by atoms with Gasteiger partial charge in [-0.3, -0.25) is 9.69 Å². The molecule has 5 heteroatoms. The Morgan fingerprint density at radius 1 is 1.26 bits per heavy atom. The Balaban J connectivity index is 2.74. The zero-order valence-corrected chi connectivity index (χ0v) is 10.7. The monoisotopic (exact) mass is 260 g/mol. The van der Waals surface area contributed by atoms with Crippen LogP contribution in [0.3, 0.4) is 0 Å². The van der Waals surface area contributed by atoms with Crippen LogP contribution in [-0.4, -0.2) is 36.2 Å². The number of rotatable bonds is 5. The number of carbonyl (C=O) groups excluding carboxylic acids is 3. The quantitative estimate of drug-likeness (QED) is 0.643. The van der Waals surface area contributed by atoms with Gasteiger partial charge >= 0.3 is 6.03 Å². The van der Waals surface area contributed by atoms with Gasteiger partial charge < -0.3 is 10.1 Å². The van der Waals surface area contributed by atoms with Crippen LogP contribution in [0.4, 0.5) is 4.79 Å². The summed E-state index contributed by atoms with van der Waals surface area (Å²) in [6.45, 7) is 1.87. The maximum Gasteiger partial charge on any atom is 0.324 e. The number of urea groups is 1. The van der Waals surface area contributed by atoms with Gasteiger partial charge in [0.1, 0.15) is 6.29 Å². The van der Waals surface area contributed by atoms with Crippen LogP contribution < -0.4 is 5.32 Å². The van der Waals surface area contributed by atoms with Crippen LogP contribution >= 0.6 is 0 Å². The molecule has 19 heavy (non-hydrogen) atoms. The Kier molecular flexibility index (Phi) is 6.02. The van der Waals surface area contributed by atoms with Gasteiger partial charge in [-0.2, -0.15) is 0 Å². The number of nitrogens with one attached hydrogen (secondary N) is 1. The lowest BCUT2D eigenvalue weighted by molar-refractivity contribution is -0.125. The van der Waals surface area contributed by atoms with Crippen molar-refractivity contribution in [3.8, 4) is 0 Å². The van der Waals surface area contributed by atoms with Crippen LogP contribution in [0.25, 0.3) is 6.08 Å². The Hall–Kier alpha value is -2.43. The van der Waals surface area contributed by atoms with Crippen LogP contribution in [0.15, 0.2) is 36.4 Å². The summed E-state index contributed by atoms with van der Waals surface area (Å²) in [5, 5.41) is 2.48. The second-order valence-corrected chi connectivity index (χ2v) is 3.70. The number of aldehydes is 1. The fourth-order valence-electron chi connectivity index (χ4n) is 1.42. The predicted molar refractivity (Wildman–Crippen MR) is 72.3 cm³/mol. The molecule has 0 radical (unpaired) electrons. The van der Waals surface area contributed by atoms with Crippen molar-refractivity contribution in [3.63, 3.8) is 0 Å². The molecule has 0 aromatic heterocycles. The van der Waals surface area contributed by atoms with Crippen LogP contribution in [0.5, 0.6) is 0 Å². The highest BCUT2D eigenvalue weighted by atomic mass is 16.2. The van der Waals surface area contributed by atoms with E-state index < -0.39 is 11.9 Å². The summed E-state index contributed by atoms with van der Waals surface area (Å²) in [6.07, 6.45) is 3.39. The largest absolute Gasteiger partial charge is 0.338 e. The molecule has 0 aliphatic heterocycles. The molecule has 0 fully saturated rings. The smallest absolute Gasteiger partial charge is 0.324 e. The lowest BCUT2D eigenvalue weighted by Gasteiger charge is -2.16. The number of hydrogen-bond donors (Lipinski definition) is 1. The summed E-state index contributed by atoms with van der Waals surface area (Å²) in [6, 6.07) is 8.65. The van der Waals surface area contributed by atoms with E-state index in [0.29, 0.717) is 12.8 Å². The van der Waals surface area contributed by atoms with Crippen molar-refractivity contribution in [2.24, 2.45) is 0 Å². The average Bonchev–Trinajstić information content (AvgIpc) is 2.43. The minimum absolute atomic E-state index is 0.260. The maximum absolute atomic E-state index is 11.8. The zero-order chi connectivity index (χ0) is 14.1. The van der Waals surface area contributed by atoms with Gasteiger partial charge in [0.25, 0.3) is 5.91 Å². The number of imide groups is 1. The minimum atomic E-state index is -0.572. The molecule has 1 rings (SSSR count). The van der Waals surface area contributed by atoms with E-state index in [1.165, 1.54) is 6.08 Å². The molecule has 0 atom stereocenters. The second kappa shape index (κ2) is 7.81. The normalized spacial score (nSPS) is 10.2. The highest BCUT2D eigenvalue weighted by Gasteiger charge is 2.17. The second-order valence-electron chi connectivity index (χ2n) is 3.70. The molecular formula is C14H16N2O3. The van der Waals surface area contributed by atoms with E-state index in [2.05, 4.69) is 5.32 Å². The summed E-state index contributed by atoms with van der Waals surface area (Å²) in [5.41, 5.74) is 0.845. The molecule has 0 saturated carbocycles. The van der Waals surface area contributed by atoms with Crippen molar-refractivity contribution in [1.82, 2.24) is 10.2 Å². The van der Waals surface area contributed by atoms with Crippen LogP contribution in [-0.2, 0) is 9.59 Å². The minimum Gasteiger partial charge on any atom is -0.338 e. The fraction of sp³-hybridized carbons (Fsp3) is 0.214. The van der Waals surface area contributed by atoms with Crippen molar-refractivity contribution < 1.29 is 14.4 Å². The van der Waals surface area contributed by atoms with Gasteiger partial charge in [-0.05, 0) is 18.6 Å². The van der Waals surface area contributed by atoms with Gasteiger partial charge in [0.2, 0.25) is 0 Å². The summed E-state index contributed by atoms with van der Waals surface area (Å²) in [7, 11) is 0. The molecule has 0 saturated heterocycles. The molecule has 0 spiro atoms. The summed E-state index contributed by atoms with van der Waals surface area (Å²) < 4.78 is 0. The van der Waals surface area contributed by atoms with Crippen molar-refractivity contribution in [1.29, 1.82) is 0 Å². The SMILES string of the molecule is CCNC(=O)N(CC=O)C(=O)/C=C/c1ccccc1. The predicted octanol–water partition coefficient (Wildman–Crippen LogP) is 1.46. The van der Waals surface area contributed by atoms with Crippen LogP contribution in [0.2, 0.25) is 0 Å². The maximum atomic E-state index is 11.8. The molecule has 3 amide bonds. The number of hydrogen-bond acceptors (Lipinski definition) is 3. The van der Waals surface area contributed by atoms with E-state index in [4.69, 9.17) is 0 Å². The van der Waals surface area contributed by atoms with E-state index >= 15 is 0 Å². The first-order valence-electron chi connectivity index (χ1n) is 5.95. The third-order valence-corrected chi connectivity index (χ3v) is 2.31. The van der Waals surface area contributed by atoms with E-state index in [1.807, 2.05) is 30.3 Å². The van der Waals surface area contributed by atoms with Gasteiger partial charge in [-0.15, -0.1) is 0 Å². The third-order valence-electron chi connectivity index (χ3n) is 2.31. The molecule has 0 bridgehead atoms. The third kappa shape index (κ3) is 4.75. The fourth-order valence-corrected chi connectivity index (χ4v) is 1.42. The molecule has 0 aliphatic rings. The molecule has 1 aromatic rings. The highest BCUT2D eigenvalue weighted by Crippen LogP contribution is 2.02. The number of benzene rings is 1. The highest BCUT2D eigenvalue weighted by molar-refractivity contribution is 6.03. The van der Waals surface area contributed by atoms with Gasteiger partial charge in [0, 0.05) is 12.6 Å². The first-order valence-corrected chi connectivity index (χ1v) is 5.95. The van der Waals surface area contributed by atoms with E-state index in [1.54, 1.807) is 13.0 Å². The molecule has 100 valence electrons. The summed E-state index contributed by atoms with van der Waals surface area (Å²) >= 11 is 0. The Morgan fingerprint density at radius 3 is 2.53 bits per heavy atom. The standard InChI is InChI=1S/C14H16N2O3/c1-2-15-14(19)16(10-11-17)13(18)9-8-12-6-4-3-5-7-12/h3-9,11H,2,10H2,1H3,(H,15,19)/b9-8+.